The van der Waals surface area contributed by atoms with Gasteiger partial charge in [0.25, 0.3) is 5.91 Å². The van der Waals surface area contributed by atoms with Crippen molar-refractivity contribution in [2.24, 2.45) is 5.10 Å². The van der Waals surface area contributed by atoms with Gasteiger partial charge in [0.05, 0.1) is 38.7 Å². The molecule has 0 fully saturated rings. The molecule has 0 aliphatic rings. The summed E-state index contributed by atoms with van der Waals surface area (Å²) in [6.07, 6.45) is 1.42. The molecule has 0 radical (unpaired) electrons. The molecule has 33 heavy (non-hydrogen) atoms. The minimum atomic E-state index is -0.606. The molecule has 0 aliphatic heterocycles. The lowest BCUT2D eigenvalue weighted by Gasteiger charge is -2.13. The van der Waals surface area contributed by atoms with Crippen LogP contribution < -0.4 is 24.4 Å². The van der Waals surface area contributed by atoms with Crippen molar-refractivity contribution in [1.29, 1.82) is 0 Å². The van der Waals surface area contributed by atoms with E-state index >= 15 is 0 Å². The van der Waals surface area contributed by atoms with Gasteiger partial charge in [-0.15, -0.1) is 0 Å². The zero-order valence-electron chi connectivity index (χ0n) is 18.2. The Balaban J connectivity index is 1.65. The van der Waals surface area contributed by atoms with Crippen molar-refractivity contribution < 1.29 is 33.6 Å². The van der Waals surface area contributed by atoms with Crippen LogP contribution in [-0.2, 0) is 0 Å². The number of para-hydroxylation sites is 1. The summed E-state index contributed by atoms with van der Waals surface area (Å²) < 4.78 is 21.2. The van der Waals surface area contributed by atoms with Crippen molar-refractivity contribution in [3.63, 3.8) is 0 Å². The molecular weight excluding hydrogens is 428 g/mol. The molecule has 0 heterocycles. The van der Waals surface area contributed by atoms with Gasteiger partial charge in [0.15, 0.2) is 11.5 Å². The number of nitrogens with one attached hydrogen (secondary N) is 1. The van der Waals surface area contributed by atoms with Gasteiger partial charge >= 0.3 is 5.97 Å². The molecule has 0 bridgehead atoms. The highest BCUT2D eigenvalue weighted by Crippen LogP contribution is 2.38. The molecule has 0 spiro atoms. The molecule has 0 atom stereocenters. The second kappa shape index (κ2) is 10.7. The van der Waals surface area contributed by atoms with Gasteiger partial charge in [-0.3, -0.25) is 4.79 Å². The van der Waals surface area contributed by atoms with E-state index in [1.165, 1.54) is 51.8 Å². The van der Waals surface area contributed by atoms with Crippen molar-refractivity contribution in [2.45, 2.75) is 0 Å². The lowest BCUT2D eigenvalue weighted by atomic mass is 10.2. The lowest BCUT2D eigenvalue weighted by Crippen LogP contribution is -2.17. The number of methoxy groups -OCH3 is 3. The summed E-state index contributed by atoms with van der Waals surface area (Å²) in [5.41, 5.74) is 3.33. The van der Waals surface area contributed by atoms with Gasteiger partial charge in [-0.1, -0.05) is 12.1 Å². The average molecular weight is 450 g/mol. The predicted octanol–water partition coefficient (Wildman–Crippen LogP) is 3.40. The van der Waals surface area contributed by atoms with Crippen molar-refractivity contribution >= 4 is 18.1 Å². The minimum Gasteiger partial charge on any atom is -0.507 e. The predicted molar refractivity (Wildman–Crippen MR) is 121 cm³/mol. The number of carbonyl (C=O) groups excluding carboxylic acids is 2. The Labute approximate surface area is 190 Å². The summed E-state index contributed by atoms with van der Waals surface area (Å²) in [5, 5.41) is 13.6. The number of phenolic OH excluding ortho intramolecular Hbond substituents is 1. The number of benzene rings is 3. The number of amides is 1. The normalized spacial score (nSPS) is 10.5. The summed E-state index contributed by atoms with van der Waals surface area (Å²) in [6, 6.07) is 15.6. The van der Waals surface area contributed by atoms with Gasteiger partial charge in [-0.25, -0.2) is 10.2 Å². The lowest BCUT2D eigenvalue weighted by molar-refractivity contribution is 0.0733. The Morgan fingerprint density at radius 1 is 0.909 bits per heavy atom. The molecule has 3 rings (SSSR count). The molecule has 2 N–H and O–H groups in total. The van der Waals surface area contributed by atoms with Crippen LogP contribution in [0.4, 0.5) is 0 Å². The van der Waals surface area contributed by atoms with Crippen LogP contribution in [0.3, 0.4) is 0 Å². The fourth-order valence-electron chi connectivity index (χ4n) is 2.88. The van der Waals surface area contributed by atoms with Crippen LogP contribution in [-0.4, -0.2) is 44.5 Å². The van der Waals surface area contributed by atoms with E-state index < -0.39 is 11.9 Å². The second-order valence-electron chi connectivity index (χ2n) is 6.59. The molecule has 3 aromatic carbocycles. The topological polar surface area (TPSA) is 116 Å². The van der Waals surface area contributed by atoms with Crippen molar-refractivity contribution in [2.75, 3.05) is 21.3 Å². The van der Waals surface area contributed by atoms with Gasteiger partial charge in [0, 0.05) is 0 Å². The van der Waals surface area contributed by atoms with Crippen LogP contribution in [0.1, 0.15) is 26.3 Å². The zero-order chi connectivity index (χ0) is 23.8. The van der Waals surface area contributed by atoms with Crippen LogP contribution in [0, 0.1) is 0 Å². The number of phenols is 1. The van der Waals surface area contributed by atoms with Crippen LogP contribution >= 0.6 is 0 Å². The van der Waals surface area contributed by atoms with Crippen molar-refractivity contribution in [3.8, 4) is 28.7 Å². The van der Waals surface area contributed by atoms with Gasteiger partial charge < -0.3 is 24.1 Å². The summed E-state index contributed by atoms with van der Waals surface area (Å²) in [4.78, 5) is 24.6. The smallest absolute Gasteiger partial charge is 0.343 e. The number of rotatable bonds is 8. The van der Waals surface area contributed by atoms with E-state index in [9.17, 15) is 14.7 Å². The van der Waals surface area contributed by atoms with Gasteiger partial charge in [0.1, 0.15) is 11.5 Å². The number of hydrogen-bond acceptors (Lipinski definition) is 8. The fourth-order valence-corrected chi connectivity index (χ4v) is 2.88. The number of nitrogens with zero attached hydrogens (tertiary/aromatic N) is 1. The third kappa shape index (κ3) is 5.59. The number of esters is 1. The fraction of sp³-hybridized carbons (Fsp3) is 0.125. The molecule has 170 valence electrons. The molecule has 3 aromatic rings. The average Bonchev–Trinajstić information content (AvgIpc) is 2.84. The Bertz CT molecular complexity index is 1150. The Morgan fingerprint density at radius 3 is 2.12 bits per heavy atom. The quantitative estimate of drug-likeness (QED) is 0.234. The number of carbonyl (C=O) groups is 2. The number of aromatic hydroxyl groups is 1. The standard InChI is InChI=1S/C24H22N2O7/c1-30-20-12-16(13-21(31-2)22(20)32-3)24(29)33-17-10-8-15(9-11-17)14-25-26-23(28)18-6-4-5-7-19(18)27/h4-14,27H,1-3H3,(H,26,28). The molecule has 0 saturated carbocycles. The highest BCUT2D eigenvalue weighted by molar-refractivity contribution is 5.97. The maximum Gasteiger partial charge on any atom is 0.343 e. The van der Waals surface area contributed by atoms with E-state index in [0.29, 0.717) is 28.6 Å². The van der Waals surface area contributed by atoms with Gasteiger partial charge in [0.2, 0.25) is 5.75 Å². The second-order valence-corrected chi connectivity index (χ2v) is 6.59. The van der Waals surface area contributed by atoms with E-state index in [1.54, 1.807) is 36.4 Å². The van der Waals surface area contributed by atoms with E-state index in [2.05, 4.69) is 10.5 Å². The molecule has 0 aromatic heterocycles. The van der Waals surface area contributed by atoms with Gasteiger partial charge in [-0.2, -0.15) is 5.10 Å². The monoisotopic (exact) mass is 450 g/mol. The SMILES string of the molecule is COc1cc(C(=O)Oc2ccc(C=NNC(=O)c3ccccc3O)cc2)cc(OC)c1OC. The maximum atomic E-state index is 12.6. The van der Waals surface area contributed by atoms with Gasteiger partial charge in [-0.05, 0) is 54.1 Å². The highest BCUT2D eigenvalue weighted by atomic mass is 16.5. The molecule has 0 unspecified atom stereocenters. The van der Waals surface area contributed by atoms with E-state index in [0.717, 1.165) is 0 Å². The van der Waals surface area contributed by atoms with Crippen molar-refractivity contribution in [1.82, 2.24) is 5.43 Å². The molecule has 0 aliphatic carbocycles. The Kier molecular flexibility index (Phi) is 7.48. The highest BCUT2D eigenvalue weighted by Gasteiger charge is 2.18. The minimum absolute atomic E-state index is 0.115. The first-order valence-corrected chi connectivity index (χ1v) is 9.70. The third-order valence-corrected chi connectivity index (χ3v) is 4.52. The Morgan fingerprint density at radius 2 is 1.55 bits per heavy atom. The molecule has 0 saturated heterocycles. The first-order valence-electron chi connectivity index (χ1n) is 9.70. The summed E-state index contributed by atoms with van der Waals surface area (Å²) >= 11 is 0. The molecule has 1 amide bonds. The molecule has 9 heteroatoms. The van der Waals surface area contributed by atoms with Crippen LogP contribution in [0.2, 0.25) is 0 Å². The zero-order valence-corrected chi connectivity index (χ0v) is 18.2. The maximum absolute atomic E-state index is 12.6. The van der Waals surface area contributed by atoms with E-state index in [4.69, 9.17) is 18.9 Å². The first-order chi connectivity index (χ1) is 16.0. The Hall–Kier alpha value is -4.53. The molecule has 9 nitrogen and oxygen atoms in total. The van der Waals surface area contributed by atoms with Crippen LogP contribution in [0.15, 0.2) is 65.8 Å². The third-order valence-electron chi connectivity index (χ3n) is 4.52. The number of hydrogen-bond donors (Lipinski definition) is 2. The molecular formula is C24H22N2O7. The number of ether oxygens (including phenoxy) is 4. The number of hydrazone groups is 1. The summed E-state index contributed by atoms with van der Waals surface area (Å²) in [5.74, 6) is 0.0654. The van der Waals surface area contributed by atoms with Crippen LogP contribution in [0.25, 0.3) is 0 Å². The van der Waals surface area contributed by atoms with Crippen molar-refractivity contribution in [3.05, 3.63) is 77.4 Å². The first kappa shape index (κ1) is 23.1. The summed E-state index contributed by atoms with van der Waals surface area (Å²) in [7, 11) is 4.38. The van der Waals surface area contributed by atoms with E-state index in [1.807, 2.05) is 0 Å². The summed E-state index contributed by atoms with van der Waals surface area (Å²) in [6.45, 7) is 0. The van der Waals surface area contributed by atoms with Crippen LogP contribution in [0.5, 0.6) is 28.7 Å². The van der Waals surface area contributed by atoms with E-state index in [-0.39, 0.29) is 16.9 Å². The largest absolute Gasteiger partial charge is 0.507 e.